The van der Waals surface area contributed by atoms with Crippen molar-refractivity contribution >= 4 is 17.7 Å². The summed E-state index contributed by atoms with van der Waals surface area (Å²) in [6.45, 7) is 1.84. The fourth-order valence-electron chi connectivity index (χ4n) is 2.31. The number of aromatic carboxylic acids is 1. The van der Waals surface area contributed by atoms with E-state index in [1.807, 2.05) is 19.1 Å². The molecule has 0 saturated heterocycles. The Morgan fingerprint density at radius 1 is 1.32 bits per heavy atom. The molecule has 0 aliphatic heterocycles. The van der Waals surface area contributed by atoms with Gasteiger partial charge in [0, 0.05) is 10.1 Å². The van der Waals surface area contributed by atoms with Crippen molar-refractivity contribution in [1.29, 1.82) is 0 Å². The molecule has 0 bridgehead atoms. The summed E-state index contributed by atoms with van der Waals surface area (Å²) in [7, 11) is 0. The second kappa shape index (κ2) is 6.80. The first-order chi connectivity index (χ1) is 9.16. The van der Waals surface area contributed by atoms with Crippen LogP contribution in [0, 0.1) is 6.92 Å². The molecule has 1 aromatic carbocycles. The number of aryl methyl sites for hydroxylation is 1. The summed E-state index contributed by atoms with van der Waals surface area (Å²) < 4.78 is 0. The molecule has 1 aliphatic carbocycles. The maximum atomic E-state index is 11.1. The smallest absolute Gasteiger partial charge is 0.335 e. The van der Waals surface area contributed by atoms with E-state index >= 15 is 0 Å². The van der Waals surface area contributed by atoms with Gasteiger partial charge in [0.05, 0.1) is 5.56 Å². The molecular formula is C16H20O2S. The van der Waals surface area contributed by atoms with Gasteiger partial charge in [-0.1, -0.05) is 31.1 Å². The molecule has 1 N–H and O–H groups in total. The Bertz CT molecular complexity index is 480. The summed E-state index contributed by atoms with van der Waals surface area (Å²) >= 11 is 1.78. The molecule has 0 aromatic heterocycles. The van der Waals surface area contributed by atoms with Gasteiger partial charge in [0.1, 0.15) is 0 Å². The van der Waals surface area contributed by atoms with Crippen LogP contribution in [0.25, 0.3) is 0 Å². The molecule has 2 rings (SSSR count). The van der Waals surface area contributed by atoms with Crippen molar-refractivity contribution in [2.75, 3.05) is 0 Å². The quantitative estimate of drug-likeness (QED) is 0.815. The van der Waals surface area contributed by atoms with Gasteiger partial charge in [0.25, 0.3) is 0 Å². The van der Waals surface area contributed by atoms with E-state index in [4.69, 9.17) is 5.11 Å². The maximum Gasteiger partial charge on any atom is 0.335 e. The highest BCUT2D eigenvalue weighted by Gasteiger charge is 2.12. The third-order valence-corrected chi connectivity index (χ3v) is 4.66. The van der Waals surface area contributed by atoms with Gasteiger partial charge in [-0.05, 0) is 43.9 Å². The first kappa shape index (κ1) is 14.2. The Labute approximate surface area is 118 Å². The van der Waals surface area contributed by atoms with Crippen LogP contribution in [0.4, 0.5) is 0 Å². The first-order valence-corrected chi connectivity index (χ1v) is 7.72. The molecule has 1 aromatic rings. The predicted molar refractivity (Wildman–Crippen MR) is 80.0 cm³/mol. The molecule has 0 radical (unpaired) electrons. The van der Waals surface area contributed by atoms with Gasteiger partial charge >= 0.3 is 5.97 Å². The number of allylic oxidation sites excluding steroid dienone is 1. The fourth-order valence-corrected chi connectivity index (χ4v) is 3.46. The minimum absolute atomic E-state index is 0.417. The van der Waals surface area contributed by atoms with Gasteiger partial charge in [-0.25, -0.2) is 4.79 Å². The normalized spacial score (nSPS) is 21.4. The van der Waals surface area contributed by atoms with E-state index in [0.717, 1.165) is 10.5 Å². The molecule has 3 heteroatoms. The number of carbonyl (C=O) groups is 1. The van der Waals surface area contributed by atoms with Crippen LogP contribution in [0.5, 0.6) is 0 Å². The molecule has 1 atom stereocenters. The number of carboxylic acids is 1. The number of rotatable bonds is 3. The third kappa shape index (κ3) is 4.13. The first-order valence-electron chi connectivity index (χ1n) is 6.84. The Morgan fingerprint density at radius 3 is 2.95 bits per heavy atom. The van der Waals surface area contributed by atoms with E-state index in [2.05, 4.69) is 12.2 Å². The van der Waals surface area contributed by atoms with Crippen LogP contribution in [-0.2, 0) is 0 Å². The van der Waals surface area contributed by atoms with E-state index in [-0.39, 0.29) is 0 Å². The van der Waals surface area contributed by atoms with Crippen molar-refractivity contribution in [3.8, 4) is 0 Å². The summed E-state index contributed by atoms with van der Waals surface area (Å²) in [6.07, 6.45) is 10.8. The molecule has 1 aliphatic rings. The molecule has 0 heterocycles. The van der Waals surface area contributed by atoms with Gasteiger partial charge in [-0.2, -0.15) is 0 Å². The van der Waals surface area contributed by atoms with Crippen molar-refractivity contribution in [2.45, 2.75) is 49.2 Å². The number of benzene rings is 1. The van der Waals surface area contributed by atoms with Crippen molar-refractivity contribution < 1.29 is 9.90 Å². The molecular weight excluding hydrogens is 256 g/mol. The Kier molecular flexibility index (Phi) is 5.08. The van der Waals surface area contributed by atoms with Gasteiger partial charge < -0.3 is 5.11 Å². The lowest BCUT2D eigenvalue weighted by Gasteiger charge is -2.15. The zero-order chi connectivity index (χ0) is 13.7. The molecule has 2 nitrogen and oxygen atoms in total. The average Bonchev–Trinajstić information content (AvgIpc) is 2.34. The standard InChI is InChI=1S/C16H20O2S/c1-12-9-10-14(11-15(12)16(17)18)19-13-7-5-3-2-4-6-8-13/h5,7,9-11,13H,2-4,6,8H2,1H3,(H,17,18)/b7-5+. The summed E-state index contributed by atoms with van der Waals surface area (Å²) in [5, 5.41) is 9.63. The summed E-state index contributed by atoms with van der Waals surface area (Å²) in [6, 6.07) is 5.73. The number of thioether (sulfide) groups is 1. The highest BCUT2D eigenvalue weighted by Crippen LogP contribution is 2.30. The number of carboxylic acid groups (broad SMARTS) is 1. The average molecular weight is 276 g/mol. The van der Waals surface area contributed by atoms with Crippen LogP contribution in [0.15, 0.2) is 35.2 Å². The monoisotopic (exact) mass is 276 g/mol. The maximum absolute atomic E-state index is 11.1. The second-order valence-electron chi connectivity index (χ2n) is 5.00. The highest BCUT2D eigenvalue weighted by molar-refractivity contribution is 8.00. The van der Waals surface area contributed by atoms with Gasteiger partial charge in [0.2, 0.25) is 0 Å². The van der Waals surface area contributed by atoms with Crippen LogP contribution in [0.1, 0.15) is 48.0 Å². The molecule has 102 valence electrons. The lowest BCUT2D eigenvalue weighted by atomic mass is 10.1. The largest absolute Gasteiger partial charge is 0.478 e. The SMILES string of the molecule is Cc1ccc(SC2/C=C/CCCCC2)cc1C(=O)O. The minimum atomic E-state index is -0.840. The van der Waals surface area contributed by atoms with Crippen molar-refractivity contribution in [3.05, 3.63) is 41.5 Å². The third-order valence-electron chi connectivity index (χ3n) is 3.44. The zero-order valence-corrected chi connectivity index (χ0v) is 12.1. The van der Waals surface area contributed by atoms with E-state index in [1.165, 1.54) is 32.1 Å². The minimum Gasteiger partial charge on any atom is -0.478 e. The fraction of sp³-hybridized carbons (Fsp3) is 0.438. The van der Waals surface area contributed by atoms with E-state index in [1.54, 1.807) is 17.8 Å². The van der Waals surface area contributed by atoms with Crippen LogP contribution in [-0.4, -0.2) is 16.3 Å². The van der Waals surface area contributed by atoms with Crippen molar-refractivity contribution in [3.63, 3.8) is 0 Å². The lowest BCUT2D eigenvalue weighted by molar-refractivity contribution is 0.0696. The summed E-state index contributed by atoms with van der Waals surface area (Å²) in [4.78, 5) is 12.2. The Balaban J connectivity index is 2.11. The van der Waals surface area contributed by atoms with Crippen molar-refractivity contribution in [2.24, 2.45) is 0 Å². The van der Waals surface area contributed by atoms with E-state index in [9.17, 15) is 4.79 Å². The van der Waals surface area contributed by atoms with Crippen LogP contribution in [0.2, 0.25) is 0 Å². The predicted octanol–water partition coefficient (Wildman–Crippen LogP) is 4.67. The van der Waals surface area contributed by atoms with Gasteiger partial charge in [-0.3, -0.25) is 0 Å². The Morgan fingerprint density at radius 2 is 2.16 bits per heavy atom. The van der Waals surface area contributed by atoms with Crippen LogP contribution < -0.4 is 0 Å². The highest BCUT2D eigenvalue weighted by atomic mass is 32.2. The summed E-state index contributed by atoms with van der Waals surface area (Å²) in [5.74, 6) is -0.840. The Hall–Kier alpha value is -1.22. The zero-order valence-electron chi connectivity index (χ0n) is 11.3. The molecule has 0 fully saturated rings. The second-order valence-corrected chi connectivity index (χ2v) is 6.32. The summed E-state index contributed by atoms with van der Waals surface area (Å²) in [5.41, 5.74) is 1.24. The molecule has 1 unspecified atom stereocenters. The van der Waals surface area contributed by atoms with Gasteiger partial charge in [-0.15, -0.1) is 11.8 Å². The van der Waals surface area contributed by atoms with E-state index in [0.29, 0.717) is 10.8 Å². The van der Waals surface area contributed by atoms with Crippen LogP contribution in [0.3, 0.4) is 0 Å². The molecule has 0 amide bonds. The van der Waals surface area contributed by atoms with Gasteiger partial charge in [0.15, 0.2) is 0 Å². The molecule has 0 spiro atoms. The molecule has 19 heavy (non-hydrogen) atoms. The topological polar surface area (TPSA) is 37.3 Å². The number of hydrogen-bond donors (Lipinski definition) is 1. The van der Waals surface area contributed by atoms with E-state index < -0.39 is 5.97 Å². The van der Waals surface area contributed by atoms with Crippen molar-refractivity contribution in [1.82, 2.24) is 0 Å². The lowest BCUT2D eigenvalue weighted by Crippen LogP contribution is -2.03. The molecule has 0 saturated carbocycles. The van der Waals surface area contributed by atoms with Crippen LogP contribution >= 0.6 is 11.8 Å². The number of hydrogen-bond acceptors (Lipinski definition) is 2.